The van der Waals surface area contributed by atoms with Crippen molar-refractivity contribution in [2.75, 3.05) is 24.3 Å². The monoisotopic (exact) mass is 462 g/mol. The van der Waals surface area contributed by atoms with Gasteiger partial charge in [-0.3, -0.25) is 24.3 Å². The van der Waals surface area contributed by atoms with Crippen LogP contribution in [-0.4, -0.2) is 63.2 Å². The molecule has 0 saturated carbocycles. The number of aromatic nitrogens is 4. The molecule has 180 valence electrons. The number of fused-ring (bicyclic) bond motifs is 1. The van der Waals surface area contributed by atoms with Gasteiger partial charge in [0.2, 0.25) is 11.9 Å². The van der Waals surface area contributed by atoms with Gasteiger partial charge in [-0.15, -0.1) is 0 Å². The molecule has 0 spiro atoms. The van der Waals surface area contributed by atoms with E-state index in [4.69, 9.17) is 14.2 Å². The number of carbonyl (C=O) groups excluding carboxylic acids is 3. The van der Waals surface area contributed by atoms with Crippen LogP contribution in [0.1, 0.15) is 53.2 Å². The third kappa shape index (κ3) is 5.21. The maximum atomic E-state index is 12.0. The van der Waals surface area contributed by atoms with Gasteiger partial charge in [0.1, 0.15) is 25.0 Å². The summed E-state index contributed by atoms with van der Waals surface area (Å²) in [5.74, 6) is -0.692. The molecule has 0 radical (unpaired) electrons. The number of imidazole rings is 1. The molecule has 12 nitrogen and oxygen atoms in total. The van der Waals surface area contributed by atoms with Crippen LogP contribution in [0, 0.1) is 5.92 Å². The Morgan fingerprint density at radius 2 is 1.85 bits per heavy atom. The fourth-order valence-corrected chi connectivity index (χ4v) is 3.58. The number of amides is 1. The minimum atomic E-state index is -0.654. The number of hydrogen-bond donors (Lipinski definition) is 2. The number of anilines is 2. The van der Waals surface area contributed by atoms with Crippen LogP contribution in [0.25, 0.3) is 11.2 Å². The molecule has 2 N–H and O–H groups in total. The van der Waals surface area contributed by atoms with Crippen LogP contribution in [0.5, 0.6) is 0 Å². The van der Waals surface area contributed by atoms with E-state index in [0.29, 0.717) is 17.0 Å². The summed E-state index contributed by atoms with van der Waals surface area (Å²) in [6.07, 6.45) is 0.389. The van der Waals surface area contributed by atoms with Crippen LogP contribution in [-0.2, 0) is 28.6 Å². The van der Waals surface area contributed by atoms with Crippen molar-refractivity contribution in [1.82, 2.24) is 19.5 Å². The lowest BCUT2D eigenvalue weighted by atomic mass is 10.0. The van der Waals surface area contributed by atoms with Gasteiger partial charge < -0.3 is 19.5 Å². The van der Waals surface area contributed by atoms with Crippen molar-refractivity contribution < 1.29 is 28.6 Å². The molecule has 2 aromatic rings. The van der Waals surface area contributed by atoms with Gasteiger partial charge in [-0.1, -0.05) is 27.7 Å². The minimum Gasteiger partial charge on any atom is -0.463 e. The topological polar surface area (TPSA) is 147 Å². The minimum absolute atomic E-state index is 0.0453. The Labute approximate surface area is 191 Å². The maximum Gasteiger partial charge on any atom is 0.305 e. The first-order chi connectivity index (χ1) is 15.8. The highest BCUT2D eigenvalue weighted by molar-refractivity contribution is 5.91. The van der Waals surface area contributed by atoms with Crippen molar-refractivity contribution in [2.24, 2.45) is 5.92 Å². The molecule has 12 heteroatoms. The first-order valence-corrected chi connectivity index (χ1v) is 11.1. The zero-order chi connectivity index (χ0) is 24.1. The van der Waals surface area contributed by atoms with Crippen LogP contribution in [0.15, 0.2) is 6.33 Å². The van der Waals surface area contributed by atoms with Crippen molar-refractivity contribution >= 4 is 40.8 Å². The van der Waals surface area contributed by atoms with Gasteiger partial charge in [0, 0.05) is 32.2 Å². The Hall–Kier alpha value is -3.28. The van der Waals surface area contributed by atoms with Gasteiger partial charge in [-0.2, -0.15) is 9.97 Å². The maximum absolute atomic E-state index is 12.0. The zero-order valence-corrected chi connectivity index (χ0v) is 19.5. The van der Waals surface area contributed by atoms with E-state index in [1.54, 1.807) is 38.7 Å². The third-order valence-corrected chi connectivity index (χ3v) is 5.41. The second-order valence-electron chi connectivity index (χ2n) is 7.64. The van der Waals surface area contributed by atoms with E-state index in [0.717, 1.165) is 0 Å². The molecule has 1 saturated heterocycles. The summed E-state index contributed by atoms with van der Waals surface area (Å²) >= 11 is 0. The molecular weight excluding hydrogens is 432 g/mol. The Morgan fingerprint density at radius 1 is 1.12 bits per heavy atom. The van der Waals surface area contributed by atoms with Gasteiger partial charge in [-0.05, 0) is 0 Å². The Kier molecular flexibility index (Phi) is 7.79. The lowest BCUT2D eigenvalue weighted by Gasteiger charge is -2.21. The molecule has 0 aliphatic carbocycles. The van der Waals surface area contributed by atoms with Crippen molar-refractivity contribution in [3.8, 4) is 0 Å². The Balaban J connectivity index is 1.96. The smallest absolute Gasteiger partial charge is 0.305 e. The number of rotatable bonds is 9. The van der Waals surface area contributed by atoms with E-state index >= 15 is 0 Å². The summed E-state index contributed by atoms with van der Waals surface area (Å²) in [6.45, 7) is 6.97. The van der Waals surface area contributed by atoms with Crippen LogP contribution in [0.3, 0.4) is 0 Å². The average Bonchev–Trinajstić information content (AvgIpc) is 3.37. The van der Waals surface area contributed by atoms with E-state index in [9.17, 15) is 14.4 Å². The molecule has 1 aliphatic rings. The largest absolute Gasteiger partial charge is 0.463 e. The fourth-order valence-electron chi connectivity index (χ4n) is 3.58. The van der Waals surface area contributed by atoms with Crippen LogP contribution >= 0.6 is 0 Å². The highest BCUT2D eigenvalue weighted by Crippen LogP contribution is 2.38. The molecule has 1 amide bonds. The van der Waals surface area contributed by atoms with Crippen molar-refractivity contribution in [3.05, 3.63) is 6.33 Å². The summed E-state index contributed by atoms with van der Waals surface area (Å²) in [5, 5.41) is 5.62. The third-order valence-electron chi connectivity index (χ3n) is 5.41. The quantitative estimate of drug-likeness (QED) is 0.531. The Bertz CT molecular complexity index is 1020. The number of esters is 2. The highest BCUT2D eigenvalue weighted by Gasteiger charge is 2.46. The molecule has 0 aromatic carbocycles. The number of carbonyl (C=O) groups is 3. The number of nitrogens with zero attached hydrogens (tertiary/aromatic N) is 4. The van der Waals surface area contributed by atoms with Crippen molar-refractivity contribution in [1.29, 1.82) is 0 Å². The lowest BCUT2D eigenvalue weighted by molar-refractivity contribution is -0.158. The van der Waals surface area contributed by atoms with Crippen LogP contribution in [0.4, 0.5) is 11.8 Å². The van der Waals surface area contributed by atoms with Gasteiger partial charge >= 0.3 is 11.9 Å². The predicted octanol–water partition coefficient (Wildman–Crippen LogP) is 2.02. The summed E-state index contributed by atoms with van der Waals surface area (Å²) in [6, 6.07) is 0. The molecule has 3 heterocycles. The number of nitrogens with one attached hydrogen (secondary N) is 2. The van der Waals surface area contributed by atoms with Gasteiger partial charge in [0.05, 0.1) is 6.33 Å². The summed E-state index contributed by atoms with van der Waals surface area (Å²) < 4.78 is 18.8. The first kappa shape index (κ1) is 24.4. The summed E-state index contributed by atoms with van der Waals surface area (Å²) in [4.78, 5) is 48.8. The van der Waals surface area contributed by atoms with Crippen molar-refractivity contribution in [3.63, 3.8) is 0 Å². The molecule has 0 unspecified atom stereocenters. The van der Waals surface area contributed by atoms with E-state index < -0.39 is 18.4 Å². The highest BCUT2D eigenvalue weighted by atomic mass is 16.6. The lowest BCUT2D eigenvalue weighted by Crippen LogP contribution is -2.35. The molecule has 0 bridgehead atoms. The molecule has 1 fully saturated rings. The van der Waals surface area contributed by atoms with Crippen LogP contribution < -0.4 is 10.6 Å². The normalized spacial score (nSPS) is 22.2. The zero-order valence-electron chi connectivity index (χ0n) is 19.5. The summed E-state index contributed by atoms with van der Waals surface area (Å²) in [5.41, 5.74) is 0.926. The fraction of sp³-hybridized carbons (Fsp3) is 0.619. The van der Waals surface area contributed by atoms with Crippen LogP contribution in [0.2, 0.25) is 0 Å². The van der Waals surface area contributed by atoms with E-state index in [-0.39, 0.29) is 55.6 Å². The second kappa shape index (κ2) is 10.6. The van der Waals surface area contributed by atoms with Gasteiger partial charge in [-0.25, -0.2) is 4.98 Å². The van der Waals surface area contributed by atoms with E-state index in [1.807, 2.05) is 6.92 Å². The first-order valence-electron chi connectivity index (χ1n) is 11.1. The molecule has 4 atom stereocenters. The van der Waals surface area contributed by atoms with Crippen molar-refractivity contribution in [2.45, 2.75) is 65.4 Å². The molecular formula is C21H30N6O6. The predicted molar refractivity (Wildman–Crippen MR) is 118 cm³/mol. The molecule has 2 aromatic heterocycles. The summed E-state index contributed by atoms with van der Waals surface area (Å²) in [7, 11) is 1.69. The van der Waals surface area contributed by atoms with Gasteiger partial charge in [0.25, 0.3) is 0 Å². The Morgan fingerprint density at radius 3 is 2.48 bits per heavy atom. The molecule has 3 rings (SSSR count). The number of hydrogen-bond acceptors (Lipinski definition) is 10. The number of ether oxygens (including phenoxy) is 3. The molecule has 1 aliphatic heterocycles. The molecule has 33 heavy (non-hydrogen) atoms. The van der Waals surface area contributed by atoms with Gasteiger partial charge in [0.15, 0.2) is 17.0 Å². The standard InChI is InChI=1S/C21H30N6O6/c1-6-13(28)24-21-25-18(22-5)16-19(26-21)27(10-23-16)20-11(4)17(33-15(30)8-3)12(32-20)9-31-14(29)7-2/h10-12,17,20H,6-9H2,1-5H3,(H2,22,24,25,26,28)/t11-,12+,17-,20+/m0/s1. The van der Waals surface area contributed by atoms with E-state index in [2.05, 4.69) is 25.6 Å². The van der Waals surface area contributed by atoms with E-state index in [1.165, 1.54) is 0 Å². The SMILES string of the molecule is CCC(=O)Nc1nc(NC)c2ncn([C@@H]3O[C@H](COC(=O)CC)[C@@H](OC(=O)CC)[C@@H]3C)c2n1. The average molecular weight is 463 g/mol. The second-order valence-corrected chi connectivity index (χ2v) is 7.64.